The number of anilines is 1. The van der Waals surface area contributed by atoms with Crippen LogP contribution in [0.1, 0.15) is 29.2 Å². The first kappa shape index (κ1) is 19.9. The Morgan fingerprint density at radius 1 is 1.00 bits per heavy atom. The lowest BCUT2D eigenvalue weighted by atomic mass is 10.1. The third kappa shape index (κ3) is 3.71. The van der Waals surface area contributed by atoms with E-state index in [1.807, 2.05) is 69.3 Å². The van der Waals surface area contributed by atoms with E-state index in [0.29, 0.717) is 24.4 Å². The van der Waals surface area contributed by atoms with Crippen molar-refractivity contribution < 1.29 is 4.79 Å². The van der Waals surface area contributed by atoms with Gasteiger partial charge in [0.25, 0.3) is 5.78 Å². The van der Waals surface area contributed by atoms with Crippen molar-refractivity contribution in [1.82, 2.24) is 29.5 Å². The van der Waals surface area contributed by atoms with E-state index in [1.165, 1.54) is 0 Å². The van der Waals surface area contributed by atoms with Crippen LogP contribution in [0.2, 0.25) is 0 Å². The number of carbonyl (C=O) groups excluding carboxylic acids is 1. The molecule has 2 aromatic carbocycles. The molecule has 5 rings (SSSR count). The molecular formula is C24H23N7O. The summed E-state index contributed by atoms with van der Waals surface area (Å²) in [5.41, 5.74) is 6.52. The van der Waals surface area contributed by atoms with Gasteiger partial charge in [-0.05, 0) is 69.2 Å². The average molecular weight is 425 g/mol. The smallest absolute Gasteiger partial charge is 0.252 e. The molecule has 0 spiro atoms. The predicted octanol–water partition coefficient (Wildman–Crippen LogP) is 4.16. The maximum Gasteiger partial charge on any atom is 0.252 e. The Morgan fingerprint density at radius 2 is 1.78 bits per heavy atom. The number of carbonyl (C=O) groups is 1. The molecule has 0 aliphatic heterocycles. The molecule has 8 nitrogen and oxygen atoms in total. The second-order valence-electron chi connectivity index (χ2n) is 7.86. The number of H-pyrrole nitrogens is 1. The van der Waals surface area contributed by atoms with E-state index in [4.69, 9.17) is 0 Å². The van der Waals surface area contributed by atoms with E-state index in [2.05, 4.69) is 30.4 Å². The van der Waals surface area contributed by atoms with Crippen LogP contribution in [0.5, 0.6) is 0 Å². The molecule has 32 heavy (non-hydrogen) atoms. The van der Waals surface area contributed by atoms with Gasteiger partial charge in [0.2, 0.25) is 5.91 Å². The van der Waals surface area contributed by atoms with Gasteiger partial charge in [-0.15, -0.1) is 0 Å². The summed E-state index contributed by atoms with van der Waals surface area (Å²) in [5.74, 6) is 2.03. The lowest BCUT2D eigenvalue weighted by Crippen LogP contribution is -2.14. The molecular weight excluding hydrogens is 402 g/mol. The fourth-order valence-corrected chi connectivity index (χ4v) is 3.93. The minimum Gasteiger partial charge on any atom is -0.338 e. The summed E-state index contributed by atoms with van der Waals surface area (Å²) in [7, 11) is 0. The number of hydrogen-bond acceptors (Lipinski definition) is 5. The quantitative estimate of drug-likeness (QED) is 0.440. The number of aryl methyl sites for hydroxylation is 3. The van der Waals surface area contributed by atoms with Crippen molar-refractivity contribution in [3.05, 3.63) is 71.3 Å². The summed E-state index contributed by atoms with van der Waals surface area (Å²) in [6.45, 7) is 5.77. The van der Waals surface area contributed by atoms with Crippen molar-refractivity contribution in [3.63, 3.8) is 0 Å². The van der Waals surface area contributed by atoms with Crippen LogP contribution in [0.3, 0.4) is 0 Å². The second kappa shape index (κ2) is 7.88. The number of hydrogen-bond donors (Lipinski definition) is 2. The van der Waals surface area contributed by atoms with Crippen molar-refractivity contribution in [1.29, 1.82) is 0 Å². The molecule has 2 N–H and O–H groups in total. The molecule has 8 heteroatoms. The van der Waals surface area contributed by atoms with E-state index in [9.17, 15) is 4.79 Å². The molecule has 3 heterocycles. The van der Waals surface area contributed by atoms with Crippen LogP contribution in [-0.4, -0.2) is 35.5 Å². The first-order valence-electron chi connectivity index (χ1n) is 10.5. The molecule has 0 unspecified atom stereocenters. The standard InChI is InChI=1S/C24H23N7O/c1-14-19(15(2)31-24(25-14)26-16(3)30-31)12-13-22(32)27-18-10-8-17(9-11-18)23-28-20-6-4-5-7-21(20)29-23/h4-11H,12-13H2,1-3H3,(H,27,32)(H,28,29). The van der Waals surface area contributed by atoms with E-state index >= 15 is 0 Å². The summed E-state index contributed by atoms with van der Waals surface area (Å²) >= 11 is 0. The Morgan fingerprint density at radius 3 is 2.56 bits per heavy atom. The number of rotatable bonds is 5. The van der Waals surface area contributed by atoms with E-state index in [1.54, 1.807) is 4.52 Å². The zero-order valence-electron chi connectivity index (χ0n) is 18.2. The number of aromatic amines is 1. The summed E-state index contributed by atoms with van der Waals surface area (Å²) < 4.78 is 1.74. The molecule has 0 saturated heterocycles. The Labute approximate surface area is 184 Å². The monoisotopic (exact) mass is 425 g/mol. The molecule has 160 valence electrons. The molecule has 0 fully saturated rings. The van der Waals surface area contributed by atoms with Crippen molar-refractivity contribution in [3.8, 4) is 11.4 Å². The Bertz CT molecular complexity index is 1410. The fraction of sp³-hybridized carbons (Fsp3) is 0.208. The van der Waals surface area contributed by atoms with Gasteiger partial charge in [-0.2, -0.15) is 10.1 Å². The Balaban J connectivity index is 1.26. The predicted molar refractivity (Wildman–Crippen MR) is 123 cm³/mol. The van der Waals surface area contributed by atoms with Crippen LogP contribution in [0.25, 0.3) is 28.2 Å². The number of nitrogens with zero attached hydrogens (tertiary/aromatic N) is 5. The Kier molecular flexibility index (Phi) is 4.89. The number of nitrogens with one attached hydrogen (secondary N) is 2. The highest BCUT2D eigenvalue weighted by Gasteiger charge is 2.14. The van der Waals surface area contributed by atoms with Crippen LogP contribution in [0, 0.1) is 20.8 Å². The van der Waals surface area contributed by atoms with Crippen molar-refractivity contribution in [2.24, 2.45) is 0 Å². The number of fused-ring (bicyclic) bond motifs is 2. The van der Waals surface area contributed by atoms with Crippen molar-refractivity contribution in [2.75, 3.05) is 5.32 Å². The molecule has 0 atom stereocenters. The lowest BCUT2D eigenvalue weighted by Gasteiger charge is -2.11. The van der Waals surface area contributed by atoms with E-state index < -0.39 is 0 Å². The van der Waals surface area contributed by atoms with Gasteiger partial charge in [-0.3, -0.25) is 4.79 Å². The molecule has 1 amide bonds. The topological polar surface area (TPSA) is 101 Å². The number of imidazole rings is 1. The van der Waals surface area contributed by atoms with Gasteiger partial charge in [0.1, 0.15) is 11.6 Å². The van der Waals surface area contributed by atoms with Crippen molar-refractivity contribution in [2.45, 2.75) is 33.6 Å². The summed E-state index contributed by atoms with van der Waals surface area (Å²) in [4.78, 5) is 29.3. The van der Waals surface area contributed by atoms with Crippen LogP contribution >= 0.6 is 0 Å². The maximum atomic E-state index is 12.6. The third-order valence-corrected chi connectivity index (χ3v) is 5.59. The average Bonchev–Trinajstić information content (AvgIpc) is 3.37. The van der Waals surface area contributed by atoms with Gasteiger partial charge in [-0.25, -0.2) is 14.5 Å². The highest BCUT2D eigenvalue weighted by molar-refractivity contribution is 5.91. The van der Waals surface area contributed by atoms with Crippen LogP contribution in [0.15, 0.2) is 48.5 Å². The third-order valence-electron chi connectivity index (χ3n) is 5.59. The molecule has 0 saturated carbocycles. The summed E-state index contributed by atoms with van der Waals surface area (Å²) in [6.07, 6.45) is 0.941. The first-order valence-corrected chi connectivity index (χ1v) is 10.5. The minimum atomic E-state index is -0.0462. The molecule has 0 aliphatic rings. The highest BCUT2D eigenvalue weighted by Crippen LogP contribution is 2.22. The summed E-state index contributed by atoms with van der Waals surface area (Å²) in [5, 5.41) is 7.36. The molecule has 0 radical (unpaired) electrons. The molecule has 0 aliphatic carbocycles. The summed E-state index contributed by atoms with van der Waals surface area (Å²) in [6, 6.07) is 15.6. The van der Waals surface area contributed by atoms with Gasteiger partial charge < -0.3 is 10.3 Å². The van der Waals surface area contributed by atoms with Crippen LogP contribution in [-0.2, 0) is 11.2 Å². The zero-order chi connectivity index (χ0) is 22.2. The first-order chi connectivity index (χ1) is 15.5. The van der Waals surface area contributed by atoms with E-state index in [-0.39, 0.29) is 5.91 Å². The Hall–Kier alpha value is -4.07. The van der Waals surface area contributed by atoms with Crippen LogP contribution < -0.4 is 5.32 Å². The van der Waals surface area contributed by atoms with Crippen molar-refractivity contribution >= 4 is 28.4 Å². The van der Waals surface area contributed by atoms with Gasteiger partial charge in [0.15, 0.2) is 0 Å². The molecule has 3 aromatic heterocycles. The normalized spacial score (nSPS) is 11.3. The van der Waals surface area contributed by atoms with E-state index in [0.717, 1.165) is 45.1 Å². The number of para-hydroxylation sites is 2. The zero-order valence-corrected chi connectivity index (χ0v) is 18.2. The molecule has 0 bridgehead atoms. The van der Waals surface area contributed by atoms with Gasteiger partial charge in [-0.1, -0.05) is 12.1 Å². The largest absolute Gasteiger partial charge is 0.338 e. The van der Waals surface area contributed by atoms with Gasteiger partial charge >= 0.3 is 0 Å². The SMILES string of the molecule is Cc1nc2nc(C)c(CCC(=O)Nc3ccc(-c4nc5ccccc5[nH]4)cc3)c(C)n2n1. The molecule has 5 aromatic rings. The maximum absolute atomic E-state index is 12.6. The number of amides is 1. The van der Waals surface area contributed by atoms with Gasteiger partial charge in [0, 0.05) is 29.1 Å². The van der Waals surface area contributed by atoms with Crippen LogP contribution in [0.4, 0.5) is 5.69 Å². The highest BCUT2D eigenvalue weighted by atomic mass is 16.1. The fourth-order valence-electron chi connectivity index (χ4n) is 3.93. The minimum absolute atomic E-state index is 0.0462. The number of benzene rings is 2. The lowest BCUT2D eigenvalue weighted by molar-refractivity contribution is -0.116. The second-order valence-corrected chi connectivity index (χ2v) is 7.86. The number of aromatic nitrogens is 6. The van der Waals surface area contributed by atoms with Gasteiger partial charge in [0.05, 0.1) is 11.0 Å².